The van der Waals surface area contributed by atoms with Gasteiger partial charge in [-0.3, -0.25) is 0 Å². The molecule has 0 aromatic heterocycles. The van der Waals surface area contributed by atoms with Crippen molar-refractivity contribution in [3.8, 4) is 0 Å². The second kappa shape index (κ2) is 5.39. The van der Waals surface area contributed by atoms with E-state index in [1.54, 1.807) is 6.08 Å². The van der Waals surface area contributed by atoms with E-state index < -0.39 is 0 Å². The Kier molecular flexibility index (Phi) is 5.13. The molecule has 0 bridgehead atoms. The lowest BCUT2D eigenvalue weighted by molar-refractivity contribution is 0.295. The molecule has 0 aliphatic carbocycles. The minimum absolute atomic E-state index is 0.121. The average molecular weight is 202 g/mol. The molecule has 0 atom stereocenters. The summed E-state index contributed by atoms with van der Waals surface area (Å²) in [5, 5.41) is -0.121. The topological polar surface area (TPSA) is 0 Å². The second-order valence-electron chi connectivity index (χ2n) is 5.69. The molecule has 0 rings (SSSR count). The summed E-state index contributed by atoms with van der Waals surface area (Å²) in [6.45, 7) is 16.1. The molecule has 0 aliphatic rings. The molecule has 0 aromatic carbocycles. The van der Waals surface area contributed by atoms with Crippen LogP contribution in [-0.2, 0) is 0 Å². The van der Waals surface area contributed by atoms with Gasteiger partial charge < -0.3 is 0 Å². The smallest absolute Gasteiger partial charge is 0.0739 e. The van der Waals surface area contributed by atoms with Gasteiger partial charge in [0.2, 0.25) is 0 Å². The first-order chi connectivity index (χ1) is 6.70. The molecule has 1 heteroatoms. The zero-order valence-corrected chi connectivity index (χ0v) is 10.6. The lowest BCUT2D eigenvalue weighted by Crippen LogP contribution is -2.19. The molecule has 0 nitrogen and oxygen atoms in total. The molecule has 0 spiro atoms. The fourth-order valence-corrected chi connectivity index (χ4v) is 2.20. The fourth-order valence-electron chi connectivity index (χ4n) is 2.20. The summed E-state index contributed by atoms with van der Waals surface area (Å²) in [4.78, 5) is 0. The maximum atomic E-state index is 6.05. The first-order valence-electron chi connectivity index (χ1n) is 5.43. The van der Waals surface area contributed by atoms with Crippen LogP contribution in [0.25, 0.3) is 0 Å². The molecule has 0 aliphatic heterocycles. The highest BCUT2D eigenvalue weighted by atomic mass is 14.3. The predicted molar refractivity (Wildman–Crippen MR) is 71.3 cm³/mol. The normalized spacial score (nSPS) is 13.7. The molecule has 0 N–H and O–H groups in total. The average Bonchev–Trinajstić information content (AvgIpc) is 1.98. The summed E-state index contributed by atoms with van der Waals surface area (Å²) in [5.41, 5.74) is 1.42. The van der Waals surface area contributed by atoms with Crippen molar-refractivity contribution in [2.75, 3.05) is 0 Å². The molecule has 0 fully saturated rings. The van der Waals surface area contributed by atoms with Gasteiger partial charge in [-0.05, 0) is 17.4 Å². The fraction of sp³-hybridized carbons (Fsp3) is 0.571. The van der Waals surface area contributed by atoms with E-state index in [1.165, 1.54) is 5.57 Å². The van der Waals surface area contributed by atoms with E-state index in [9.17, 15) is 0 Å². The van der Waals surface area contributed by atoms with E-state index in [4.69, 9.17) is 7.85 Å². The molecule has 2 radical (unpaired) electrons. The third-order valence-corrected chi connectivity index (χ3v) is 2.21. The van der Waals surface area contributed by atoms with E-state index >= 15 is 0 Å². The maximum absolute atomic E-state index is 6.05. The van der Waals surface area contributed by atoms with Gasteiger partial charge >= 0.3 is 0 Å². The van der Waals surface area contributed by atoms with Gasteiger partial charge in [0.25, 0.3) is 0 Å². The van der Waals surface area contributed by atoms with Crippen molar-refractivity contribution in [3.05, 3.63) is 37.0 Å². The highest BCUT2D eigenvalue weighted by Gasteiger charge is 2.25. The van der Waals surface area contributed by atoms with Crippen LogP contribution in [0.1, 0.15) is 40.5 Å². The Morgan fingerprint density at radius 2 is 1.73 bits per heavy atom. The third-order valence-electron chi connectivity index (χ3n) is 2.21. The quantitative estimate of drug-likeness (QED) is 0.440. The van der Waals surface area contributed by atoms with Gasteiger partial charge in [0.15, 0.2) is 0 Å². The third kappa shape index (κ3) is 7.24. The van der Waals surface area contributed by atoms with E-state index in [1.807, 2.05) is 12.2 Å². The Balaban J connectivity index is 4.55. The van der Waals surface area contributed by atoms with E-state index in [0.717, 1.165) is 12.8 Å². The molecule has 0 amide bonds. The van der Waals surface area contributed by atoms with Crippen molar-refractivity contribution in [2.24, 2.45) is 5.41 Å². The van der Waals surface area contributed by atoms with Gasteiger partial charge in [-0.2, -0.15) is 0 Å². The molecule has 0 heterocycles. The highest BCUT2D eigenvalue weighted by molar-refractivity contribution is 6.14. The van der Waals surface area contributed by atoms with E-state index in [0.29, 0.717) is 0 Å². The number of hydrogen-bond acceptors (Lipinski definition) is 0. The molecule has 15 heavy (non-hydrogen) atoms. The Hall–Kier alpha value is -0.715. The SMILES string of the molecule is [B]C(C)(C)CC(C)(C)C/C(C=C)=C/C=C. The van der Waals surface area contributed by atoms with E-state index in [-0.39, 0.29) is 10.7 Å². The van der Waals surface area contributed by atoms with Crippen LogP contribution in [0.2, 0.25) is 5.31 Å². The molecule has 0 aromatic rings. The summed E-state index contributed by atoms with van der Waals surface area (Å²) in [7, 11) is 6.05. The Morgan fingerprint density at radius 1 is 1.20 bits per heavy atom. The summed E-state index contributed by atoms with van der Waals surface area (Å²) in [5.74, 6) is 0. The molecular weight excluding hydrogens is 179 g/mol. The summed E-state index contributed by atoms with van der Waals surface area (Å²) < 4.78 is 0. The molecule has 82 valence electrons. The van der Waals surface area contributed by atoms with Crippen molar-refractivity contribution in [1.82, 2.24) is 0 Å². The summed E-state index contributed by atoms with van der Waals surface area (Å²) in [6.07, 6.45) is 7.69. The van der Waals surface area contributed by atoms with Gasteiger partial charge in [-0.25, -0.2) is 0 Å². The Labute approximate surface area is 96.6 Å². The van der Waals surface area contributed by atoms with Crippen LogP contribution < -0.4 is 0 Å². The minimum Gasteiger partial charge on any atom is -0.0991 e. The standard InChI is InChI=1S/C14H23B/c1-7-9-12(8-2)10-13(3,4)11-14(5,6)15/h7-9H,1-2,10-11H2,3-6H3/b12-9+. The number of hydrogen-bond donors (Lipinski definition) is 0. The van der Waals surface area contributed by atoms with Crippen LogP contribution in [0.4, 0.5) is 0 Å². The van der Waals surface area contributed by atoms with Crippen LogP contribution in [0, 0.1) is 5.41 Å². The summed E-state index contributed by atoms with van der Waals surface area (Å²) in [6, 6.07) is 0. The van der Waals surface area contributed by atoms with Gasteiger partial charge in [0, 0.05) is 0 Å². The van der Waals surface area contributed by atoms with Crippen molar-refractivity contribution >= 4 is 7.85 Å². The Bertz CT molecular complexity index is 251. The number of rotatable bonds is 6. The predicted octanol–water partition coefficient (Wildman–Crippen LogP) is 4.46. The van der Waals surface area contributed by atoms with Crippen LogP contribution in [0.15, 0.2) is 37.0 Å². The largest absolute Gasteiger partial charge is 0.0991 e. The van der Waals surface area contributed by atoms with Gasteiger partial charge in [-0.15, -0.1) is 0 Å². The highest BCUT2D eigenvalue weighted by Crippen LogP contribution is 2.40. The van der Waals surface area contributed by atoms with Crippen molar-refractivity contribution < 1.29 is 0 Å². The van der Waals surface area contributed by atoms with Crippen molar-refractivity contribution in [2.45, 2.75) is 45.9 Å². The second-order valence-corrected chi connectivity index (χ2v) is 5.69. The van der Waals surface area contributed by atoms with Crippen LogP contribution in [-0.4, -0.2) is 7.85 Å². The Morgan fingerprint density at radius 3 is 2.07 bits per heavy atom. The van der Waals surface area contributed by atoms with Crippen LogP contribution >= 0.6 is 0 Å². The van der Waals surface area contributed by atoms with Gasteiger partial charge in [0.05, 0.1) is 7.85 Å². The van der Waals surface area contributed by atoms with Gasteiger partial charge in [-0.1, -0.05) is 70.8 Å². The van der Waals surface area contributed by atoms with Crippen molar-refractivity contribution in [1.29, 1.82) is 0 Å². The first kappa shape index (κ1) is 14.3. The lowest BCUT2D eigenvalue weighted by Gasteiger charge is -2.33. The minimum atomic E-state index is -0.121. The summed E-state index contributed by atoms with van der Waals surface area (Å²) >= 11 is 0. The van der Waals surface area contributed by atoms with Crippen LogP contribution in [0.5, 0.6) is 0 Å². The molecular formula is C14H23B. The van der Waals surface area contributed by atoms with Crippen LogP contribution in [0.3, 0.4) is 0 Å². The number of allylic oxidation sites excluding steroid dienone is 4. The van der Waals surface area contributed by atoms with Gasteiger partial charge in [0.1, 0.15) is 0 Å². The zero-order valence-electron chi connectivity index (χ0n) is 10.6. The maximum Gasteiger partial charge on any atom is 0.0739 e. The zero-order chi connectivity index (χ0) is 12.1. The van der Waals surface area contributed by atoms with E-state index in [2.05, 4.69) is 40.9 Å². The molecule has 0 unspecified atom stereocenters. The lowest BCUT2D eigenvalue weighted by atomic mass is 9.62. The molecule has 0 saturated carbocycles. The first-order valence-corrected chi connectivity index (χ1v) is 5.43. The molecule has 0 saturated heterocycles. The monoisotopic (exact) mass is 202 g/mol. The van der Waals surface area contributed by atoms with Crippen molar-refractivity contribution in [3.63, 3.8) is 0 Å².